The van der Waals surface area contributed by atoms with E-state index in [0.29, 0.717) is 22.5 Å². The summed E-state index contributed by atoms with van der Waals surface area (Å²) in [6.07, 6.45) is 0.811. The zero-order valence-corrected chi connectivity index (χ0v) is 20.4. The van der Waals surface area contributed by atoms with Crippen molar-refractivity contribution >= 4 is 33.4 Å². The average molecular weight is 548 g/mol. The monoisotopic (exact) mass is 547 g/mol. The summed E-state index contributed by atoms with van der Waals surface area (Å²) >= 11 is 3.44. The second-order valence-electron chi connectivity index (χ2n) is 7.94. The molecule has 180 valence electrons. The molecule has 0 bridgehead atoms. The molecule has 0 saturated heterocycles. The number of phenolic OH excluding ortho intramolecular Hbond substituents is 1. The van der Waals surface area contributed by atoms with Crippen molar-refractivity contribution in [3.8, 4) is 22.7 Å². The van der Waals surface area contributed by atoms with Crippen molar-refractivity contribution in [3.05, 3.63) is 105 Å². The van der Waals surface area contributed by atoms with E-state index in [4.69, 9.17) is 9.84 Å². The second-order valence-corrected chi connectivity index (χ2v) is 8.86. The number of nitrogens with zero attached hydrogens (tertiary/aromatic N) is 5. The van der Waals surface area contributed by atoms with Gasteiger partial charge in [-0.1, -0.05) is 28.1 Å². The highest BCUT2D eigenvalue weighted by Crippen LogP contribution is 2.37. The first-order valence-electron chi connectivity index (χ1n) is 10.7. The first-order chi connectivity index (χ1) is 17.3. The Labute approximate surface area is 213 Å². The molecule has 0 fully saturated rings. The smallest absolute Gasteiger partial charge is 0.269 e. The SMILES string of the molecule is CC(=O)N1N=C(c2ccc(O)cc2)OC1c1cn(-c2ccc([N+](=O)[O-])cc2)nc1-c1ccc(Br)cc1. The minimum absolute atomic E-state index is 0.0342. The van der Waals surface area contributed by atoms with Crippen LogP contribution in [-0.2, 0) is 9.53 Å². The fraction of sp³-hybridized carbons (Fsp3) is 0.0800. The van der Waals surface area contributed by atoms with Gasteiger partial charge in [0.25, 0.3) is 5.69 Å². The van der Waals surface area contributed by atoms with Crippen LogP contribution in [0.15, 0.2) is 88.6 Å². The van der Waals surface area contributed by atoms with Gasteiger partial charge in [0, 0.05) is 40.9 Å². The van der Waals surface area contributed by atoms with Crippen LogP contribution >= 0.6 is 15.9 Å². The van der Waals surface area contributed by atoms with E-state index in [1.165, 1.54) is 36.2 Å². The Balaban J connectivity index is 1.60. The van der Waals surface area contributed by atoms with Crippen molar-refractivity contribution in [3.63, 3.8) is 0 Å². The Morgan fingerprint density at radius 3 is 2.28 bits per heavy atom. The fourth-order valence-electron chi connectivity index (χ4n) is 3.75. The van der Waals surface area contributed by atoms with Gasteiger partial charge in [0.05, 0.1) is 16.2 Å². The molecule has 5 rings (SSSR count). The minimum atomic E-state index is -0.906. The second kappa shape index (κ2) is 9.27. The number of amides is 1. The quantitative estimate of drug-likeness (QED) is 0.272. The Bertz CT molecular complexity index is 1480. The van der Waals surface area contributed by atoms with Crippen LogP contribution in [0.1, 0.15) is 24.3 Å². The summed E-state index contributed by atoms with van der Waals surface area (Å²) in [7, 11) is 0. The molecule has 0 saturated carbocycles. The third-order valence-electron chi connectivity index (χ3n) is 5.53. The number of non-ortho nitro benzene ring substituents is 1. The number of benzene rings is 3. The molecule has 1 N–H and O–H groups in total. The normalized spacial score (nSPS) is 14.9. The summed E-state index contributed by atoms with van der Waals surface area (Å²) in [6, 6.07) is 19.8. The van der Waals surface area contributed by atoms with Gasteiger partial charge in [0.15, 0.2) is 0 Å². The molecular weight excluding hydrogens is 530 g/mol. The Morgan fingerprint density at radius 2 is 1.67 bits per heavy atom. The molecule has 0 radical (unpaired) electrons. The maximum Gasteiger partial charge on any atom is 0.269 e. The van der Waals surface area contributed by atoms with Crippen LogP contribution in [0.2, 0.25) is 0 Å². The van der Waals surface area contributed by atoms with E-state index in [1.54, 1.807) is 35.1 Å². The van der Waals surface area contributed by atoms with E-state index in [-0.39, 0.29) is 23.2 Å². The first-order valence-corrected chi connectivity index (χ1v) is 11.5. The summed E-state index contributed by atoms with van der Waals surface area (Å²) in [5, 5.41) is 31.0. The number of carbonyl (C=O) groups is 1. The van der Waals surface area contributed by atoms with Crippen LogP contribution in [0.4, 0.5) is 5.69 Å². The van der Waals surface area contributed by atoms with E-state index in [0.717, 1.165) is 10.0 Å². The Morgan fingerprint density at radius 1 is 1.03 bits per heavy atom. The molecule has 1 unspecified atom stereocenters. The number of halogens is 1. The Hall–Kier alpha value is -4.51. The lowest BCUT2D eigenvalue weighted by Crippen LogP contribution is -2.25. The van der Waals surface area contributed by atoms with Gasteiger partial charge in [0.1, 0.15) is 11.4 Å². The molecule has 1 aliphatic rings. The number of ether oxygens (including phenoxy) is 1. The number of aromatic hydroxyl groups is 1. The lowest BCUT2D eigenvalue weighted by atomic mass is 10.1. The van der Waals surface area contributed by atoms with E-state index in [2.05, 4.69) is 21.0 Å². The molecule has 1 amide bonds. The third-order valence-corrected chi connectivity index (χ3v) is 6.06. The minimum Gasteiger partial charge on any atom is -0.508 e. The Kier molecular flexibility index (Phi) is 5.98. The lowest BCUT2D eigenvalue weighted by Gasteiger charge is -2.19. The number of aromatic nitrogens is 2. The summed E-state index contributed by atoms with van der Waals surface area (Å²) in [5.41, 5.74) is 3.06. The molecule has 0 spiro atoms. The summed E-state index contributed by atoms with van der Waals surface area (Å²) < 4.78 is 8.63. The molecule has 10 nitrogen and oxygen atoms in total. The molecular formula is C25H18BrN5O5. The first kappa shape index (κ1) is 23.2. The lowest BCUT2D eigenvalue weighted by molar-refractivity contribution is -0.384. The number of phenols is 1. The molecule has 4 aromatic rings. The van der Waals surface area contributed by atoms with Crippen molar-refractivity contribution in [2.45, 2.75) is 13.2 Å². The van der Waals surface area contributed by atoms with Crippen molar-refractivity contribution < 1.29 is 19.6 Å². The number of carbonyl (C=O) groups excluding carboxylic acids is 1. The predicted molar refractivity (Wildman–Crippen MR) is 134 cm³/mol. The molecule has 2 heterocycles. The van der Waals surface area contributed by atoms with E-state index >= 15 is 0 Å². The van der Waals surface area contributed by atoms with Gasteiger partial charge in [-0.05, 0) is 48.5 Å². The maximum atomic E-state index is 12.5. The van der Waals surface area contributed by atoms with Gasteiger partial charge in [-0.25, -0.2) is 4.68 Å². The predicted octanol–water partition coefficient (Wildman–Crippen LogP) is 5.15. The number of hydrogen-bond acceptors (Lipinski definition) is 7. The number of nitro benzene ring substituents is 1. The van der Waals surface area contributed by atoms with E-state index in [1.807, 2.05) is 24.3 Å². The molecule has 1 aromatic heterocycles. The molecule has 1 aliphatic heterocycles. The summed E-state index contributed by atoms with van der Waals surface area (Å²) in [5.74, 6) is -0.0158. The highest BCUT2D eigenvalue weighted by molar-refractivity contribution is 9.10. The van der Waals surface area contributed by atoms with Crippen LogP contribution in [0.5, 0.6) is 5.75 Å². The van der Waals surface area contributed by atoms with E-state index < -0.39 is 11.2 Å². The molecule has 3 aromatic carbocycles. The van der Waals surface area contributed by atoms with Crippen molar-refractivity contribution in [1.82, 2.24) is 14.8 Å². The molecule has 0 aliphatic carbocycles. The number of nitro groups is 1. The third kappa shape index (κ3) is 4.43. The van der Waals surface area contributed by atoms with Crippen LogP contribution in [-0.4, -0.2) is 36.6 Å². The summed E-state index contributed by atoms with van der Waals surface area (Å²) in [4.78, 5) is 23.1. The van der Waals surface area contributed by atoms with Crippen LogP contribution in [0.25, 0.3) is 16.9 Å². The van der Waals surface area contributed by atoms with Crippen LogP contribution in [0.3, 0.4) is 0 Å². The zero-order chi connectivity index (χ0) is 25.4. The molecule has 36 heavy (non-hydrogen) atoms. The van der Waals surface area contributed by atoms with Gasteiger partial charge >= 0.3 is 0 Å². The number of hydrogen-bond donors (Lipinski definition) is 1. The largest absolute Gasteiger partial charge is 0.508 e. The number of hydrazone groups is 1. The van der Waals surface area contributed by atoms with Crippen molar-refractivity contribution in [2.24, 2.45) is 5.10 Å². The van der Waals surface area contributed by atoms with Gasteiger partial charge in [-0.3, -0.25) is 14.9 Å². The highest BCUT2D eigenvalue weighted by atomic mass is 79.9. The molecule has 1 atom stereocenters. The van der Waals surface area contributed by atoms with Crippen LogP contribution in [0, 0.1) is 10.1 Å². The summed E-state index contributed by atoms with van der Waals surface area (Å²) in [6.45, 7) is 1.39. The van der Waals surface area contributed by atoms with Crippen molar-refractivity contribution in [2.75, 3.05) is 0 Å². The van der Waals surface area contributed by atoms with E-state index in [9.17, 15) is 20.0 Å². The highest BCUT2D eigenvalue weighted by Gasteiger charge is 2.36. The molecule has 11 heteroatoms. The van der Waals surface area contributed by atoms with Crippen molar-refractivity contribution in [1.29, 1.82) is 0 Å². The number of rotatable bonds is 5. The van der Waals surface area contributed by atoms with Gasteiger partial charge in [-0.2, -0.15) is 10.1 Å². The zero-order valence-electron chi connectivity index (χ0n) is 18.8. The van der Waals surface area contributed by atoms with Crippen LogP contribution < -0.4 is 0 Å². The topological polar surface area (TPSA) is 123 Å². The maximum absolute atomic E-state index is 12.5. The fourth-order valence-corrected chi connectivity index (χ4v) is 4.01. The van der Waals surface area contributed by atoms with Gasteiger partial charge in [-0.15, -0.1) is 5.10 Å². The van der Waals surface area contributed by atoms with Gasteiger partial charge in [0.2, 0.25) is 18.0 Å². The standard InChI is InChI=1S/C25H18BrN5O5/c1-15(32)30-25(36-24(28-30)17-4-12-21(33)13-5-17)22-14-29(19-8-10-20(11-9-19)31(34)35)27-23(22)16-2-6-18(26)7-3-16/h2-14,25,33H,1H3. The van der Waals surface area contributed by atoms with Gasteiger partial charge < -0.3 is 9.84 Å². The average Bonchev–Trinajstić information content (AvgIpc) is 3.50.